The highest BCUT2D eigenvalue weighted by molar-refractivity contribution is 5.56. The second-order valence-corrected chi connectivity index (χ2v) is 5.56. The fraction of sp³-hybridized carbons (Fsp3) is 0.375. The van der Waals surface area contributed by atoms with Gasteiger partial charge in [-0.3, -0.25) is 0 Å². The molecule has 1 aromatic carbocycles. The molecule has 0 saturated carbocycles. The van der Waals surface area contributed by atoms with Gasteiger partial charge in [0.05, 0.1) is 12.1 Å². The van der Waals surface area contributed by atoms with Crippen LogP contribution in [-0.4, -0.2) is 9.97 Å². The van der Waals surface area contributed by atoms with Crippen molar-refractivity contribution in [3.05, 3.63) is 53.0 Å². The Morgan fingerprint density at radius 2 is 1.63 bits per heavy atom. The van der Waals surface area contributed by atoms with E-state index in [1.54, 1.807) is 0 Å². The van der Waals surface area contributed by atoms with Crippen molar-refractivity contribution in [2.24, 2.45) is 0 Å². The van der Waals surface area contributed by atoms with E-state index in [-0.39, 0.29) is 0 Å². The molecule has 3 heteroatoms. The van der Waals surface area contributed by atoms with Crippen molar-refractivity contribution in [2.75, 3.05) is 4.90 Å². The Morgan fingerprint density at radius 3 is 2.21 bits per heavy atom. The fourth-order valence-corrected chi connectivity index (χ4v) is 3.69. The average molecular weight is 251 g/mol. The zero-order valence-corrected chi connectivity index (χ0v) is 11.3. The summed E-state index contributed by atoms with van der Waals surface area (Å²) in [5.41, 5.74) is 4.04. The molecule has 1 saturated heterocycles. The van der Waals surface area contributed by atoms with E-state index in [1.807, 2.05) is 13.8 Å². The van der Waals surface area contributed by atoms with E-state index in [1.165, 1.54) is 24.0 Å². The molecule has 19 heavy (non-hydrogen) atoms. The van der Waals surface area contributed by atoms with Gasteiger partial charge in [0.15, 0.2) is 0 Å². The van der Waals surface area contributed by atoms with Crippen molar-refractivity contribution in [3.63, 3.8) is 0 Å². The second-order valence-electron chi connectivity index (χ2n) is 5.56. The SMILES string of the molecule is Cc1cc(N2[C@H]3CC[C@H]2c2ccccc23)nc(C)n1. The highest BCUT2D eigenvalue weighted by Gasteiger charge is 2.44. The van der Waals surface area contributed by atoms with Crippen LogP contribution in [0.15, 0.2) is 30.3 Å². The van der Waals surface area contributed by atoms with Gasteiger partial charge in [0.1, 0.15) is 11.6 Å². The molecule has 0 radical (unpaired) electrons. The first-order valence-corrected chi connectivity index (χ1v) is 6.93. The standard InChI is InChI=1S/C16H17N3/c1-10-9-16(18-11(2)17-10)19-14-7-8-15(19)13-6-4-3-5-12(13)14/h3-6,9,14-15H,7-8H2,1-2H3/t14-,15-/m0/s1. The summed E-state index contributed by atoms with van der Waals surface area (Å²) in [4.78, 5) is 11.5. The van der Waals surface area contributed by atoms with Gasteiger partial charge in [-0.25, -0.2) is 9.97 Å². The van der Waals surface area contributed by atoms with Gasteiger partial charge in [0, 0.05) is 11.8 Å². The monoisotopic (exact) mass is 251 g/mol. The summed E-state index contributed by atoms with van der Waals surface area (Å²) in [5, 5.41) is 0. The van der Waals surface area contributed by atoms with Crippen LogP contribution in [0, 0.1) is 13.8 Å². The molecule has 2 aliphatic heterocycles. The molecule has 2 aromatic rings. The molecule has 0 N–H and O–H groups in total. The van der Waals surface area contributed by atoms with Crippen LogP contribution in [0.2, 0.25) is 0 Å². The van der Waals surface area contributed by atoms with Crippen LogP contribution in [0.5, 0.6) is 0 Å². The average Bonchev–Trinajstić information content (AvgIpc) is 2.94. The molecule has 3 nitrogen and oxygen atoms in total. The summed E-state index contributed by atoms with van der Waals surface area (Å²) >= 11 is 0. The van der Waals surface area contributed by atoms with E-state index in [0.29, 0.717) is 12.1 Å². The van der Waals surface area contributed by atoms with Gasteiger partial charge in [0.25, 0.3) is 0 Å². The number of nitrogens with zero attached hydrogens (tertiary/aromatic N) is 3. The lowest BCUT2D eigenvalue weighted by Gasteiger charge is -2.24. The largest absolute Gasteiger partial charge is 0.342 e. The first-order chi connectivity index (χ1) is 9.24. The Bertz CT molecular complexity index is 599. The zero-order valence-electron chi connectivity index (χ0n) is 11.3. The number of aromatic nitrogens is 2. The molecule has 0 amide bonds. The van der Waals surface area contributed by atoms with Crippen molar-refractivity contribution in [1.29, 1.82) is 0 Å². The maximum atomic E-state index is 4.65. The highest BCUT2D eigenvalue weighted by Crippen LogP contribution is 2.54. The molecule has 96 valence electrons. The third-order valence-corrected chi connectivity index (χ3v) is 4.32. The molecule has 0 aliphatic carbocycles. The summed E-state index contributed by atoms with van der Waals surface area (Å²) in [7, 11) is 0. The van der Waals surface area contributed by atoms with Gasteiger partial charge >= 0.3 is 0 Å². The van der Waals surface area contributed by atoms with Crippen LogP contribution in [-0.2, 0) is 0 Å². The number of benzene rings is 1. The predicted octanol–water partition coefficient (Wildman–Crippen LogP) is 3.49. The Hall–Kier alpha value is -1.90. The molecule has 0 unspecified atom stereocenters. The number of hydrogen-bond donors (Lipinski definition) is 0. The molecule has 2 aliphatic rings. The maximum Gasteiger partial charge on any atom is 0.133 e. The van der Waals surface area contributed by atoms with Gasteiger partial charge in [-0.05, 0) is 37.8 Å². The number of fused-ring (bicyclic) bond motifs is 5. The molecule has 4 rings (SSSR count). The van der Waals surface area contributed by atoms with Gasteiger partial charge in [-0.2, -0.15) is 0 Å². The Morgan fingerprint density at radius 1 is 1.00 bits per heavy atom. The number of hydrogen-bond acceptors (Lipinski definition) is 3. The van der Waals surface area contributed by atoms with Crippen LogP contribution in [0.3, 0.4) is 0 Å². The third kappa shape index (κ3) is 1.51. The Labute approximate surface area is 113 Å². The van der Waals surface area contributed by atoms with Crippen LogP contribution in [0.1, 0.15) is 47.6 Å². The topological polar surface area (TPSA) is 29.0 Å². The van der Waals surface area contributed by atoms with E-state index < -0.39 is 0 Å². The van der Waals surface area contributed by atoms with Gasteiger partial charge in [-0.15, -0.1) is 0 Å². The summed E-state index contributed by atoms with van der Waals surface area (Å²) in [6, 6.07) is 12.0. The summed E-state index contributed by atoms with van der Waals surface area (Å²) in [6.07, 6.45) is 2.48. The lowest BCUT2D eigenvalue weighted by Crippen LogP contribution is -2.20. The highest BCUT2D eigenvalue weighted by atomic mass is 15.3. The lowest BCUT2D eigenvalue weighted by atomic mass is 9.92. The van der Waals surface area contributed by atoms with Crippen LogP contribution in [0.25, 0.3) is 0 Å². The minimum Gasteiger partial charge on any atom is -0.342 e. The number of aryl methyl sites for hydroxylation is 2. The first kappa shape index (κ1) is 11.0. The normalized spacial score (nSPS) is 23.8. The lowest BCUT2D eigenvalue weighted by molar-refractivity contribution is 0.717. The van der Waals surface area contributed by atoms with E-state index in [2.05, 4.69) is 45.2 Å². The minimum atomic E-state index is 0.509. The zero-order chi connectivity index (χ0) is 13.0. The molecular weight excluding hydrogens is 234 g/mol. The molecule has 2 bridgehead atoms. The van der Waals surface area contributed by atoms with Crippen LogP contribution in [0.4, 0.5) is 5.82 Å². The van der Waals surface area contributed by atoms with E-state index in [0.717, 1.165) is 17.3 Å². The quantitative estimate of drug-likeness (QED) is 0.777. The van der Waals surface area contributed by atoms with Crippen LogP contribution >= 0.6 is 0 Å². The van der Waals surface area contributed by atoms with Gasteiger partial charge in [0.2, 0.25) is 0 Å². The molecule has 3 heterocycles. The molecule has 1 aromatic heterocycles. The molecule has 0 spiro atoms. The summed E-state index contributed by atoms with van der Waals surface area (Å²) in [5.74, 6) is 1.96. The minimum absolute atomic E-state index is 0.509. The van der Waals surface area contributed by atoms with Gasteiger partial charge < -0.3 is 4.90 Å². The number of rotatable bonds is 1. The Kier molecular flexibility index (Phi) is 2.19. The summed E-state index contributed by atoms with van der Waals surface area (Å²) < 4.78 is 0. The molecular formula is C16H17N3. The van der Waals surface area contributed by atoms with Crippen LogP contribution < -0.4 is 4.90 Å². The van der Waals surface area contributed by atoms with Gasteiger partial charge in [-0.1, -0.05) is 24.3 Å². The van der Waals surface area contributed by atoms with E-state index in [4.69, 9.17) is 0 Å². The fourth-order valence-electron chi connectivity index (χ4n) is 3.69. The van der Waals surface area contributed by atoms with Crippen molar-refractivity contribution >= 4 is 5.82 Å². The van der Waals surface area contributed by atoms with Crippen molar-refractivity contribution < 1.29 is 0 Å². The predicted molar refractivity (Wildman–Crippen MR) is 75.1 cm³/mol. The maximum absolute atomic E-state index is 4.65. The van der Waals surface area contributed by atoms with E-state index in [9.17, 15) is 0 Å². The van der Waals surface area contributed by atoms with E-state index >= 15 is 0 Å². The van der Waals surface area contributed by atoms with Crippen molar-refractivity contribution in [1.82, 2.24) is 9.97 Å². The van der Waals surface area contributed by atoms with Crippen molar-refractivity contribution in [2.45, 2.75) is 38.8 Å². The first-order valence-electron chi connectivity index (χ1n) is 6.93. The number of anilines is 1. The second kappa shape index (κ2) is 3.80. The molecule has 2 atom stereocenters. The Balaban J connectivity index is 1.83. The van der Waals surface area contributed by atoms with Crippen molar-refractivity contribution in [3.8, 4) is 0 Å². The smallest absolute Gasteiger partial charge is 0.133 e. The third-order valence-electron chi connectivity index (χ3n) is 4.32. The summed E-state index contributed by atoms with van der Waals surface area (Å²) in [6.45, 7) is 4.02. The molecule has 1 fully saturated rings.